The zero-order valence-corrected chi connectivity index (χ0v) is 7.70. The van der Waals surface area contributed by atoms with E-state index in [1.54, 1.807) is 0 Å². The Hall–Kier alpha value is -1.16. The van der Waals surface area contributed by atoms with Gasteiger partial charge in [-0.05, 0) is 12.3 Å². The molecule has 1 aromatic carbocycles. The zero-order valence-electron chi connectivity index (χ0n) is 7.70. The third kappa shape index (κ3) is 1.62. The summed E-state index contributed by atoms with van der Waals surface area (Å²) in [6.07, 6.45) is 0.596. The van der Waals surface area contributed by atoms with Crippen LogP contribution >= 0.6 is 0 Å². The van der Waals surface area contributed by atoms with Crippen molar-refractivity contribution in [2.45, 2.75) is 26.3 Å². The molecule has 3 N–H and O–H groups in total. The molecule has 0 fully saturated rings. The SMILES string of the molecule is CC(C)C[C@H](N)c1c(O)c(=O)c1=O. The van der Waals surface area contributed by atoms with Crippen molar-refractivity contribution >= 4 is 0 Å². The lowest BCUT2D eigenvalue weighted by Gasteiger charge is -2.15. The van der Waals surface area contributed by atoms with Crippen LogP contribution in [0.1, 0.15) is 31.9 Å². The first-order chi connectivity index (χ1) is 5.95. The second-order valence-electron chi connectivity index (χ2n) is 3.66. The molecular weight excluding hydrogens is 170 g/mol. The van der Waals surface area contributed by atoms with Crippen molar-refractivity contribution in [3.8, 4) is 5.75 Å². The highest BCUT2D eigenvalue weighted by Crippen LogP contribution is 2.22. The molecule has 0 aliphatic rings. The number of nitrogens with two attached hydrogens (primary N) is 1. The standard InChI is InChI=1S/C9H13NO3/c1-4(2)3-5(10)6-7(11)9(13)8(6)12/h4-5,11H,3,10H2,1-2H3/t5-/m0/s1. The maximum Gasteiger partial charge on any atom is 0.268 e. The third-order valence-corrected chi connectivity index (χ3v) is 2.02. The van der Waals surface area contributed by atoms with Crippen LogP contribution in [-0.2, 0) is 0 Å². The van der Waals surface area contributed by atoms with E-state index >= 15 is 0 Å². The van der Waals surface area contributed by atoms with Crippen LogP contribution < -0.4 is 16.6 Å². The van der Waals surface area contributed by atoms with Gasteiger partial charge in [-0.15, -0.1) is 0 Å². The van der Waals surface area contributed by atoms with Crippen LogP contribution in [0.4, 0.5) is 0 Å². The lowest BCUT2D eigenvalue weighted by Crippen LogP contribution is -2.38. The van der Waals surface area contributed by atoms with E-state index in [0.717, 1.165) is 0 Å². The molecule has 1 atom stereocenters. The molecular formula is C9H13NO3. The van der Waals surface area contributed by atoms with Gasteiger partial charge in [0, 0.05) is 6.04 Å². The lowest BCUT2D eigenvalue weighted by atomic mass is 9.94. The lowest BCUT2D eigenvalue weighted by molar-refractivity contribution is 0.429. The number of hydrogen-bond acceptors (Lipinski definition) is 4. The van der Waals surface area contributed by atoms with Crippen molar-refractivity contribution in [1.82, 2.24) is 0 Å². The molecule has 72 valence electrons. The molecule has 0 bridgehead atoms. The molecule has 0 aliphatic carbocycles. The fourth-order valence-corrected chi connectivity index (χ4v) is 1.37. The highest BCUT2D eigenvalue weighted by atomic mass is 16.3. The molecule has 0 unspecified atom stereocenters. The van der Waals surface area contributed by atoms with Crippen LogP contribution in [0.5, 0.6) is 5.75 Å². The van der Waals surface area contributed by atoms with Gasteiger partial charge in [0.1, 0.15) is 0 Å². The summed E-state index contributed by atoms with van der Waals surface area (Å²) in [6.45, 7) is 3.92. The molecule has 1 aromatic rings. The largest absolute Gasteiger partial charge is 0.504 e. The Morgan fingerprint density at radius 1 is 1.31 bits per heavy atom. The first kappa shape index (κ1) is 9.92. The Labute approximate surface area is 75.7 Å². The predicted octanol–water partition coefficient (Wildman–Crippen LogP) is 0.0341. The maximum atomic E-state index is 10.9. The molecule has 0 aromatic heterocycles. The summed E-state index contributed by atoms with van der Waals surface area (Å²) >= 11 is 0. The van der Waals surface area contributed by atoms with Crippen LogP contribution in [-0.4, -0.2) is 5.11 Å². The van der Waals surface area contributed by atoms with Gasteiger partial charge < -0.3 is 10.8 Å². The van der Waals surface area contributed by atoms with Crippen LogP contribution in [0.2, 0.25) is 0 Å². The van der Waals surface area contributed by atoms with E-state index in [1.165, 1.54) is 0 Å². The second-order valence-corrected chi connectivity index (χ2v) is 3.66. The zero-order chi connectivity index (χ0) is 10.2. The molecule has 1 rings (SSSR count). The normalized spacial score (nSPS) is 13.8. The van der Waals surface area contributed by atoms with Gasteiger partial charge in [0.25, 0.3) is 5.43 Å². The van der Waals surface area contributed by atoms with E-state index in [4.69, 9.17) is 10.8 Å². The summed E-state index contributed by atoms with van der Waals surface area (Å²) in [4.78, 5) is 21.6. The molecule has 0 aliphatic heterocycles. The van der Waals surface area contributed by atoms with E-state index in [-0.39, 0.29) is 5.56 Å². The number of rotatable bonds is 3. The van der Waals surface area contributed by atoms with Crippen molar-refractivity contribution in [3.05, 3.63) is 26.0 Å². The van der Waals surface area contributed by atoms with Crippen molar-refractivity contribution in [1.29, 1.82) is 0 Å². The number of aromatic hydroxyl groups is 1. The number of hydrogen-bond donors (Lipinski definition) is 2. The summed E-state index contributed by atoms with van der Waals surface area (Å²) in [6, 6.07) is -0.509. The van der Waals surface area contributed by atoms with Gasteiger partial charge in [-0.1, -0.05) is 13.8 Å². The van der Waals surface area contributed by atoms with E-state index in [1.807, 2.05) is 13.8 Å². The van der Waals surface area contributed by atoms with E-state index in [0.29, 0.717) is 12.3 Å². The minimum absolute atomic E-state index is 0.0960. The van der Waals surface area contributed by atoms with E-state index in [2.05, 4.69) is 0 Å². The Morgan fingerprint density at radius 2 is 1.85 bits per heavy atom. The van der Waals surface area contributed by atoms with Gasteiger partial charge in [-0.25, -0.2) is 0 Å². The van der Waals surface area contributed by atoms with Crippen molar-refractivity contribution in [2.24, 2.45) is 11.7 Å². The molecule has 0 spiro atoms. The maximum absolute atomic E-state index is 10.9. The molecule has 0 saturated heterocycles. The highest BCUT2D eigenvalue weighted by Gasteiger charge is 2.25. The van der Waals surface area contributed by atoms with Gasteiger partial charge in [0.15, 0.2) is 5.75 Å². The van der Waals surface area contributed by atoms with Gasteiger partial charge in [-0.2, -0.15) is 0 Å². The van der Waals surface area contributed by atoms with Crippen molar-refractivity contribution in [3.63, 3.8) is 0 Å². The average Bonchev–Trinajstić information content (AvgIpc) is 2.02. The average molecular weight is 183 g/mol. The molecule has 4 nitrogen and oxygen atoms in total. The molecule has 0 radical (unpaired) electrons. The minimum Gasteiger partial charge on any atom is -0.504 e. The van der Waals surface area contributed by atoms with Crippen LogP contribution in [0, 0.1) is 5.92 Å². The first-order valence-corrected chi connectivity index (χ1v) is 4.23. The van der Waals surface area contributed by atoms with Gasteiger partial charge in [0.05, 0.1) is 5.56 Å². The summed E-state index contributed by atoms with van der Waals surface area (Å²) in [5, 5.41) is 9.06. The van der Waals surface area contributed by atoms with Crippen LogP contribution in [0.25, 0.3) is 0 Å². The topological polar surface area (TPSA) is 80.4 Å². The highest BCUT2D eigenvalue weighted by molar-refractivity contribution is 5.40. The second kappa shape index (κ2) is 3.30. The molecule has 0 saturated carbocycles. The Kier molecular flexibility index (Phi) is 2.52. The molecule has 0 heterocycles. The van der Waals surface area contributed by atoms with Crippen LogP contribution in [0.3, 0.4) is 0 Å². The quantitative estimate of drug-likeness (QED) is 0.648. The fraction of sp³-hybridized carbons (Fsp3) is 0.556. The predicted molar refractivity (Wildman–Crippen MR) is 49.4 cm³/mol. The monoisotopic (exact) mass is 183 g/mol. The molecule has 4 heteroatoms. The van der Waals surface area contributed by atoms with E-state index in [9.17, 15) is 9.59 Å². The van der Waals surface area contributed by atoms with Crippen LogP contribution in [0.15, 0.2) is 9.59 Å². The Bertz CT molecular complexity index is 374. The van der Waals surface area contributed by atoms with Gasteiger partial charge in [-0.3, -0.25) is 9.59 Å². The summed E-state index contributed by atoms with van der Waals surface area (Å²) in [5.74, 6) is -0.114. The van der Waals surface area contributed by atoms with Gasteiger partial charge in [0.2, 0.25) is 5.43 Å². The smallest absolute Gasteiger partial charge is 0.268 e. The summed E-state index contributed by atoms with van der Waals surface area (Å²) in [5.41, 5.74) is 4.28. The first-order valence-electron chi connectivity index (χ1n) is 4.23. The Morgan fingerprint density at radius 3 is 2.23 bits per heavy atom. The molecule has 13 heavy (non-hydrogen) atoms. The van der Waals surface area contributed by atoms with E-state index < -0.39 is 22.6 Å². The summed E-state index contributed by atoms with van der Waals surface area (Å²) in [7, 11) is 0. The fourth-order valence-electron chi connectivity index (χ4n) is 1.37. The summed E-state index contributed by atoms with van der Waals surface area (Å²) < 4.78 is 0. The van der Waals surface area contributed by atoms with Crippen molar-refractivity contribution in [2.75, 3.05) is 0 Å². The van der Waals surface area contributed by atoms with Crippen molar-refractivity contribution < 1.29 is 5.11 Å². The Balaban J connectivity index is 2.86. The third-order valence-electron chi connectivity index (χ3n) is 2.02. The molecule has 0 amide bonds. The van der Waals surface area contributed by atoms with Gasteiger partial charge >= 0.3 is 0 Å². The minimum atomic E-state index is -0.811.